The maximum Gasteiger partial charge on any atom is 0.307 e. The maximum atomic E-state index is 14.4. The Labute approximate surface area is 239 Å². The molecule has 214 valence electrons. The number of nitrogens with zero attached hydrogens (tertiary/aromatic N) is 3. The number of anilines is 1. The summed E-state index contributed by atoms with van der Waals surface area (Å²) in [7, 11) is 0. The van der Waals surface area contributed by atoms with Gasteiger partial charge in [-0.3, -0.25) is 4.79 Å². The van der Waals surface area contributed by atoms with E-state index in [1.165, 1.54) is 12.1 Å². The summed E-state index contributed by atoms with van der Waals surface area (Å²) in [5, 5.41) is 14.7. The van der Waals surface area contributed by atoms with Gasteiger partial charge in [-0.25, -0.2) is 8.91 Å². The fourth-order valence-electron chi connectivity index (χ4n) is 6.07. The van der Waals surface area contributed by atoms with Gasteiger partial charge in [-0.2, -0.15) is 5.10 Å². The van der Waals surface area contributed by atoms with Crippen LogP contribution in [0.25, 0.3) is 27.9 Å². The maximum absolute atomic E-state index is 14.4. The van der Waals surface area contributed by atoms with Gasteiger partial charge in [0.05, 0.1) is 35.5 Å². The highest BCUT2D eigenvalue weighted by molar-refractivity contribution is 5.86. The van der Waals surface area contributed by atoms with E-state index in [0.29, 0.717) is 24.5 Å². The fourth-order valence-corrected chi connectivity index (χ4v) is 6.07. The number of halogens is 1. The van der Waals surface area contributed by atoms with Gasteiger partial charge >= 0.3 is 5.97 Å². The van der Waals surface area contributed by atoms with Gasteiger partial charge in [-0.1, -0.05) is 18.2 Å². The SMILES string of the molecule is Cc1cn2nc3cc2c(c1CC(=O)O)N1CCC(C)(CC1)OCCCCCOc1ccc(F)cc1-c1cccc-3c1. The van der Waals surface area contributed by atoms with Crippen molar-refractivity contribution in [1.82, 2.24) is 9.61 Å². The molecule has 3 aliphatic rings. The molecule has 0 spiro atoms. The van der Waals surface area contributed by atoms with Crippen LogP contribution in [0.4, 0.5) is 10.1 Å². The van der Waals surface area contributed by atoms with Crippen LogP contribution in [0.1, 0.15) is 50.2 Å². The van der Waals surface area contributed by atoms with Gasteiger partial charge < -0.3 is 19.5 Å². The minimum absolute atomic E-state index is 0.0553. The number of carbonyl (C=O) groups is 1. The zero-order valence-electron chi connectivity index (χ0n) is 23.7. The molecule has 1 fully saturated rings. The van der Waals surface area contributed by atoms with Gasteiger partial charge in [-0.05, 0) is 93.0 Å². The van der Waals surface area contributed by atoms with Crippen LogP contribution < -0.4 is 9.64 Å². The molecule has 1 N–H and O–H groups in total. The zero-order valence-corrected chi connectivity index (χ0v) is 23.7. The fraction of sp³-hybridized carbons (Fsp3) is 0.394. The Hall–Kier alpha value is -3.91. The molecule has 1 saturated heterocycles. The number of hydrogen-bond donors (Lipinski definition) is 1. The van der Waals surface area contributed by atoms with Gasteiger partial charge in [-0.15, -0.1) is 0 Å². The van der Waals surface area contributed by atoms with Crippen molar-refractivity contribution in [3.05, 3.63) is 71.7 Å². The molecule has 0 amide bonds. The molecule has 0 radical (unpaired) electrons. The first-order valence-electron chi connectivity index (χ1n) is 14.5. The van der Waals surface area contributed by atoms with Gasteiger partial charge in [0, 0.05) is 37.0 Å². The van der Waals surface area contributed by atoms with E-state index in [4.69, 9.17) is 14.6 Å². The van der Waals surface area contributed by atoms with Crippen LogP contribution in [0.3, 0.4) is 0 Å². The van der Waals surface area contributed by atoms with Crippen molar-refractivity contribution in [2.75, 3.05) is 31.2 Å². The largest absolute Gasteiger partial charge is 0.493 e. The third kappa shape index (κ3) is 5.66. The number of ether oxygens (including phenoxy) is 2. The lowest BCUT2D eigenvalue weighted by molar-refractivity contribution is -0.136. The van der Waals surface area contributed by atoms with Crippen LogP contribution in [0, 0.1) is 12.7 Å². The molecule has 0 atom stereocenters. The van der Waals surface area contributed by atoms with Crippen LogP contribution in [0.2, 0.25) is 0 Å². The third-order valence-electron chi connectivity index (χ3n) is 8.43. The lowest BCUT2D eigenvalue weighted by Gasteiger charge is -2.41. The van der Waals surface area contributed by atoms with Crippen LogP contribution in [-0.4, -0.2) is 52.6 Å². The summed E-state index contributed by atoms with van der Waals surface area (Å²) in [5.74, 6) is -0.523. The highest BCUT2D eigenvalue weighted by atomic mass is 19.1. The topological polar surface area (TPSA) is 76.3 Å². The molecular formula is C33H36FN3O4. The Bertz CT molecular complexity index is 1590. The van der Waals surface area contributed by atoms with Gasteiger partial charge in [0.2, 0.25) is 0 Å². The van der Waals surface area contributed by atoms with Crippen LogP contribution in [0.5, 0.6) is 5.75 Å². The smallest absolute Gasteiger partial charge is 0.307 e. The number of aryl methyl sites for hydroxylation is 1. The molecule has 3 aliphatic heterocycles. The second-order valence-corrected chi connectivity index (χ2v) is 11.5. The van der Waals surface area contributed by atoms with Crippen LogP contribution in [-0.2, 0) is 16.0 Å². The van der Waals surface area contributed by atoms with Gasteiger partial charge in [0.15, 0.2) is 0 Å². The van der Waals surface area contributed by atoms with Crippen molar-refractivity contribution in [2.45, 2.75) is 58.0 Å². The van der Waals surface area contributed by atoms with E-state index < -0.39 is 5.97 Å². The number of carboxylic acid groups (broad SMARTS) is 1. The third-order valence-corrected chi connectivity index (χ3v) is 8.43. The molecule has 2 aromatic heterocycles. The minimum Gasteiger partial charge on any atom is -0.493 e. The lowest BCUT2D eigenvalue weighted by Crippen LogP contribution is -2.45. The lowest BCUT2D eigenvalue weighted by atomic mass is 9.92. The predicted octanol–water partition coefficient (Wildman–Crippen LogP) is 6.68. The number of fused-ring (bicyclic) bond motifs is 8. The molecule has 2 aromatic carbocycles. The summed E-state index contributed by atoms with van der Waals surface area (Å²) in [6.45, 7) is 6.92. The van der Waals surface area contributed by atoms with Crippen molar-refractivity contribution < 1.29 is 23.8 Å². The Morgan fingerprint density at radius 2 is 1.83 bits per heavy atom. The van der Waals surface area contributed by atoms with Gasteiger partial charge in [0.25, 0.3) is 0 Å². The number of aliphatic carboxylic acids is 1. The molecule has 0 aliphatic carbocycles. The number of rotatable bonds is 2. The number of piperidine rings is 1. The molecule has 0 unspecified atom stereocenters. The molecule has 7 nitrogen and oxygen atoms in total. The van der Waals surface area contributed by atoms with Gasteiger partial charge in [0.1, 0.15) is 11.6 Å². The number of pyridine rings is 1. The van der Waals surface area contributed by atoms with Crippen molar-refractivity contribution in [1.29, 1.82) is 0 Å². The monoisotopic (exact) mass is 557 g/mol. The molecule has 4 aromatic rings. The van der Waals surface area contributed by atoms with E-state index in [1.807, 2.05) is 48.0 Å². The van der Waals surface area contributed by atoms with E-state index in [-0.39, 0.29) is 17.8 Å². The zero-order chi connectivity index (χ0) is 28.6. The standard InChI is InChI=1S/C33H36FN3O4/c1-22-21-37-29-20-28(35-37)24-8-6-7-23(17-24)27-18-25(34)9-10-30(27)40-15-4-3-5-16-41-33(2)11-13-36(14-12-33)32(29)26(22)19-31(38)39/h6-10,17-18,20-21H,3-5,11-16,19H2,1-2H3,(H,38,39). The van der Waals surface area contributed by atoms with E-state index in [1.54, 1.807) is 6.07 Å². The van der Waals surface area contributed by atoms with Crippen LogP contribution >= 0.6 is 0 Å². The first-order valence-corrected chi connectivity index (χ1v) is 14.5. The second kappa shape index (κ2) is 11.2. The highest BCUT2D eigenvalue weighted by Gasteiger charge is 2.33. The summed E-state index contributed by atoms with van der Waals surface area (Å²) in [6.07, 6.45) is 6.39. The Kier molecular flexibility index (Phi) is 7.43. The first-order chi connectivity index (χ1) is 19.8. The minimum atomic E-state index is -0.856. The van der Waals surface area contributed by atoms with E-state index in [9.17, 15) is 14.3 Å². The number of benzene rings is 2. The summed E-state index contributed by atoms with van der Waals surface area (Å²) in [4.78, 5) is 14.2. The Morgan fingerprint density at radius 1 is 1.05 bits per heavy atom. The molecule has 6 bridgehead atoms. The number of hydrogen-bond acceptors (Lipinski definition) is 5. The molecular weight excluding hydrogens is 521 g/mol. The predicted molar refractivity (Wildman–Crippen MR) is 157 cm³/mol. The van der Waals surface area contributed by atoms with E-state index in [0.717, 1.165) is 84.3 Å². The average molecular weight is 558 g/mol. The average Bonchev–Trinajstić information content (AvgIpc) is 3.37. The number of carboxylic acids is 1. The molecule has 5 heterocycles. The molecule has 41 heavy (non-hydrogen) atoms. The quantitative estimate of drug-likeness (QED) is 0.296. The van der Waals surface area contributed by atoms with Crippen molar-refractivity contribution in [3.63, 3.8) is 0 Å². The van der Waals surface area contributed by atoms with Crippen LogP contribution in [0.15, 0.2) is 54.7 Å². The highest BCUT2D eigenvalue weighted by Crippen LogP contribution is 2.38. The normalized spacial score (nSPS) is 17.3. The molecule has 0 saturated carbocycles. The van der Waals surface area contributed by atoms with E-state index >= 15 is 0 Å². The van der Waals surface area contributed by atoms with Crippen molar-refractivity contribution in [3.8, 4) is 28.1 Å². The Morgan fingerprint density at radius 3 is 2.63 bits per heavy atom. The second-order valence-electron chi connectivity index (χ2n) is 11.5. The van der Waals surface area contributed by atoms with Crippen molar-refractivity contribution in [2.24, 2.45) is 0 Å². The molecule has 8 heteroatoms. The Balaban J connectivity index is 1.49. The molecule has 7 rings (SSSR count). The number of aromatic nitrogens is 2. The van der Waals surface area contributed by atoms with Crippen molar-refractivity contribution >= 4 is 17.2 Å². The summed E-state index contributed by atoms with van der Waals surface area (Å²) in [5.41, 5.74) is 6.50. The summed E-state index contributed by atoms with van der Waals surface area (Å²) in [6, 6.07) is 14.6. The summed E-state index contributed by atoms with van der Waals surface area (Å²) < 4.78 is 28.8. The van der Waals surface area contributed by atoms with E-state index in [2.05, 4.69) is 11.8 Å². The first kappa shape index (κ1) is 27.3. The summed E-state index contributed by atoms with van der Waals surface area (Å²) >= 11 is 0.